The molecule has 0 saturated carbocycles. The third-order valence-corrected chi connectivity index (χ3v) is 7.21. The van der Waals surface area contributed by atoms with Gasteiger partial charge in [-0.3, -0.25) is 0 Å². The van der Waals surface area contributed by atoms with Crippen molar-refractivity contribution in [3.63, 3.8) is 0 Å². The van der Waals surface area contributed by atoms with Gasteiger partial charge in [0, 0.05) is 10.2 Å². The molecule has 0 bridgehead atoms. The Morgan fingerprint density at radius 3 is 1.65 bits per heavy atom. The van der Waals surface area contributed by atoms with Crippen LogP contribution in [0, 0.1) is 17.8 Å². The van der Waals surface area contributed by atoms with Crippen LogP contribution in [0.25, 0.3) is 0 Å². The quantitative estimate of drug-likeness (QED) is 0.463. The van der Waals surface area contributed by atoms with E-state index in [2.05, 4.69) is 0 Å². The number of rotatable bonds is 6. The Morgan fingerprint density at radius 2 is 1.45 bits per heavy atom. The van der Waals surface area contributed by atoms with E-state index in [1.165, 1.54) is 7.11 Å². The fourth-order valence-electron chi connectivity index (χ4n) is 2.61. The summed E-state index contributed by atoms with van der Waals surface area (Å²) in [6, 6.07) is 0. The zero-order chi connectivity index (χ0) is 16.2. The zero-order valence-corrected chi connectivity index (χ0v) is 15.9. The van der Waals surface area contributed by atoms with E-state index in [-0.39, 0.29) is 23.3 Å². The van der Waals surface area contributed by atoms with E-state index in [4.69, 9.17) is 4.74 Å². The molecule has 116 valence electrons. The third kappa shape index (κ3) is 3.51. The van der Waals surface area contributed by atoms with Gasteiger partial charge in [-0.2, -0.15) is 0 Å². The number of hydrogen-bond donors (Lipinski definition) is 1. The van der Waals surface area contributed by atoms with E-state index >= 15 is 0 Å². The van der Waals surface area contributed by atoms with E-state index in [0.29, 0.717) is 15.8 Å². The Kier molecular flexibility index (Phi) is 6.67. The van der Waals surface area contributed by atoms with Gasteiger partial charge in [-0.05, 0) is 22.8 Å². The largest absolute Gasteiger partial charge is 0.478 e. The molecule has 0 atom stereocenters. The number of carboxylic acids is 1. The number of methoxy groups -OCH3 is 1. The van der Waals surface area contributed by atoms with E-state index in [1.54, 1.807) is 13.8 Å². The van der Waals surface area contributed by atoms with Crippen LogP contribution in [0.2, 0.25) is 5.04 Å². The third-order valence-electron chi connectivity index (χ3n) is 4.40. The number of aliphatic carboxylic acids is 1. The van der Waals surface area contributed by atoms with Crippen molar-refractivity contribution in [2.45, 2.75) is 46.6 Å². The van der Waals surface area contributed by atoms with Gasteiger partial charge in [0.05, 0.1) is 18.3 Å². The van der Waals surface area contributed by atoms with Crippen LogP contribution in [0.3, 0.4) is 0 Å². The molecular weight excluding hydrogens is 272 g/mol. The van der Waals surface area contributed by atoms with Crippen molar-refractivity contribution in [1.29, 1.82) is 0 Å². The molecule has 1 N–H and O–H groups in total. The molecule has 0 aromatic heterocycles. The smallest absolute Gasteiger partial charge is 0.334 e. The molecule has 0 aromatic rings. The van der Waals surface area contributed by atoms with Gasteiger partial charge in [-0.15, -0.1) is 0 Å². The van der Waals surface area contributed by atoms with Gasteiger partial charge >= 0.3 is 11.9 Å². The summed E-state index contributed by atoms with van der Waals surface area (Å²) < 4.78 is 4.90. The second-order valence-electron chi connectivity index (χ2n) is 6.33. The van der Waals surface area contributed by atoms with Crippen molar-refractivity contribution in [3.05, 3.63) is 11.1 Å². The number of ether oxygens (including phenoxy) is 1. The molecule has 0 aromatic carbocycles. The minimum atomic E-state index is -1.03. The second-order valence-corrected chi connectivity index (χ2v) is 7.99. The topological polar surface area (TPSA) is 63.6 Å². The monoisotopic (exact) mass is 300 g/mol. The Morgan fingerprint density at radius 1 is 1.05 bits per heavy atom. The first kappa shape index (κ1) is 18.9. The molecule has 0 aliphatic carbocycles. The van der Waals surface area contributed by atoms with Crippen molar-refractivity contribution in [2.24, 2.45) is 17.8 Å². The molecule has 0 rings (SSSR count). The molecule has 4 nitrogen and oxygen atoms in total. The predicted molar refractivity (Wildman–Crippen MR) is 83.8 cm³/mol. The molecule has 0 unspecified atom stereocenters. The molecule has 0 fully saturated rings. The van der Waals surface area contributed by atoms with Crippen molar-refractivity contribution in [1.82, 2.24) is 0 Å². The fourth-order valence-corrected chi connectivity index (χ4v) is 3.08. The maximum Gasteiger partial charge on any atom is 0.334 e. The molecule has 0 saturated heterocycles. The van der Waals surface area contributed by atoms with Gasteiger partial charge in [0.2, 0.25) is 0 Å². The first-order valence-corrected chi connectivity index (χ1v) is 8.07. The molecule has 0 radical (unpaired) electrons. The van der Waals surface area contributed by atoms with Crippen molar-refractivity contribution < 1.29 is 19.4 Å². The minimum absolute atomic E-state index is 0.177. The molecular formula is C15H28O4Si. The van der Waals surface area contributed by atoms with Crippen LogP contribution < -0.4 is 0 Å². The van der Waals surface area contributed by atoms with Gasteiger partial charge in [-0.1, -0.05) is 41.5 Å². The Bertz CT molecular complexity index is 400. The maximum absolute atomic E-state index is 12.3. The fraction of sp³-hybridized carbons (Fsp3) is 0.733. The summed E-state index contributed by atoms with van der Waals surface area (Å²) in [5.41, 5.74) is 0.549. The normalized spacial score (nSPS) is 13.9. The lowest BCUT2D eigenvalue weighted by molar-refractivity contribution is -0.139. The first-order chi connectivity index (χ1) is 9.01. The van der Waals surface area contributed by atoms with Crippen LogP contribution in [-0.2, 0) is 14.3 Å². The lowest BCUT2D eigenvalue weighted by Gasteiger charge is -2.40. The van der Waals surface area contributed by atoms with Crippen molar-refractivity contribution >= 4 is 22.2 Å². The second kappa shape index (κ2) is 7.06. The molecule has 0 aliphatic rings. The van der Waals surface area contributed by atoms with Gasteiger partial charge in [0.25, 0.3) is 0 Å². The maximum atomic E-state index is 12.3. The lowest BCUT2D eigenvalue weighted by atomic mass is 9.74. The SMILES string of the molecule is COC(=O)/C(=C(\C(=O)O)C(C)C)C([SiH3])(C(C)C)C(C)C. The average Bonchev–Trinajstić information content (AvgIpc) is 2.32. The zero-order valence-electron chi connectivity index (χ0n) is 13.9. The highest BCUT2D eigenvalue weighted by Crippen LogP contribution is 2.49. The van der Waals surface area contributed by atoms with Gasteiger partial charge in [0.15, 0.2) is 0 Å². The van der Waals surface area contributed by atoms with Crippen LogP contribution in [0.1, 0.15) is 41.5 Å². The number of carboxylic acid groups (broad SMARTS) is 1. The highest BCUT2D eigenvalue weighted by atomic mass is 28.1. The molecule has 0 amide bonds. The van der Waals surface area contributed by atoms with Crippen LogP contribution >= 0.6 is 0 Å². The highest BCUT2D eigenvalue weighted by Gasteiger charge is 2.43. The van der Waals surface area contributed by atoms with Crippen LogP contribution in [0.4, 0.5) is 0 Å². The van der Waals surface area contributed by atoms with E-state index < -0.39 is 17.0 Å². The molecule has 20 heavy (non-hydrogen) atoms. The summed E-state index contributed by atoms with van der Waals surface area (Å²) in [5, 5.41) is 9.12. The summed E-state index contributed by atoms with van der Waals surface area (Å²) in [4.78, 5) is 23.9. The Hall–Kier alpha value is -1.10. The Balaban J connectivity index is 6.50. The highest BCUT2D eigenvalue weighted by molar-refractivity contribution is 6.23. The predicted octanol–water partition coefficient (Wildman–Crippen LogP) is 2.03. The summed E-state index contributed by atoms with van der Waals surface area (Å²) in [6.07, 6.45) is 0. The van der Waals surface area contributed by atoms with Gasteiger partial charge in [0.1, 0.15) is 0 Å². The summed E-state index contributed by atoms with van der Waals surface area (Å²) in [6.45, 7) is 11.8. The van der Waals surface area contributed by atoms with E-state index in [0.717, 1.165) is 0 Å². The average molecular weight is 300 g/mol. The van der Waals surface area contributed by atoms with Crippen LogP contribution in [-0.4, -0.2) is 34.4 Å². The van der Waals surface area contributed by atoms with Crippen LogP contribution in [0.15, 0.2) is 11.1 Å². The Labute approximate surface area is 125 Å². The summed E-state index contributed by atoms with van der Waals surface area (Å²) in [5.74, 6) is -1.41. The number of carbonyl (C=O) groups is 2. The lowest BCUT2D eigenvalue weighted by Crippen LogP contribution is -2.35. The number of carbonyl (C=O) groups excluding carboxylic acids is 1. The van der Waals surface area contributed by atoms with Crippen molar-refractivity contribution in [2.75, 3.05) is 7.11 Å². The number of hydrogen-bond acceptors (Lipinski definition) is 3. The molecule has 0 spiro atoms. The minimum Gasteiger partial charge on any atom is -0.478 e. The standard InChI is InChI=1S/C15H28O4Si/c1-8(2)11(13(16)17)12(14(18)19-7)15(20,9(3)4)10(5)6/h8-10H,1-7,20H3,(H,16,17)/b12-11+. The number of esters is 1. The van der Waals surface area contributed by atoms with Gasteiger partial charge in [-0.25, -0.2) is 9.59 Å². The molecule has 0 heterocycles. The first-order valence-electron chi connectivity index (χ1n) is 7.07. The summed E-state index contributed by atoms with van der Waals surface area (Å²) >= 11 is 0. The molecule has 5 heteroatoms. The van der Waals surface area contributed by atoms with Crippen molar-refractivity contribution in [3.8, 4) is 0 Å². The van der Waals surface area contributed by atoms with Crippen LogP contribution in [0.5, 0.6) is 0 Å². The van der Waals surface area contributed by atoms with Gasteiger partial charge < -0.3 is 9.84 Å². The van der Waals surface area contributed by atoms with E-state index in [1.807, 2.05) is 27.7 Å². The van der Waals surface area contributed by atoms with E-state index in [9.17, 15) is 14.7 Å². The summed E-state index contributed by atoms with van der Waals surface area (Å²) in [7, 11) is 2.00. The molecule has 0 aliphatic heterocycles.